The Balaban J connectivity index is 2.35. The molecule has 0 bridgehead atoms. The fourth-order valence-corrected chi connectivity index (χ4v) is 2.38. The molecule has 1 heterocycles. The molecule has 0 saturated carbocycles. The van der Waals surface area contributed by atoms with Crippen LogP contribution in [0.2, 0.25) is 0 Å². The first-order valence-electron chi connectivity index (χ1n) is 7.42. The lowest BCUT2D eigenvalue weighted by Crippen LogP contribution is -2.48. The van der Waals surface area contributed by atoms with E-state index in [1.54, 1.807) is 0 Å². The second-order valence-corrected chi connectivity index (χ2v) is 5.21. The molecule has 0 radical (unpaired) electrons. The van der Waals surface area contributed by atoms with Crippen LogP contribution in [0.4, 0.5) is 0 Å². The number of hydrogen-bond acceptors (Lipinski definition) is 2. The monoisotopic (exact) mass is 254 g/mol. The number of aliphatic imine (C=N–C) groups is 1. The van der Waals surface area contributed by atoms with Crippen LogP contribution in [0.5, 0.6) is 0 Å². The van der Waals surface area contributed by atoms with E-state index in [4.69, 9.17) is 0 Å². The molecule has 4 heteroatoms. The molecule has 0 amide bonds. The highest BCUT2D eigenvalue weighted by atomic mass is 15.2. The Morgan fingerprint density at radius 3 is 2.39 bits per heavy atom. The molecule has 2 atom stereocenters. The summed E-state index contributed by atoms with van der Waals surface area (Å²) in [7, 11) is 1.84. The lowest BCUT2D eigenvalue weighted by molar-refractivity contribution is 0.236. The molecule has 1 aliphatic heterocycles. The Morgan fingerprint density at radius 2 is 1.89 bits per heavy atom. The molecular weight excluding hydrogens is 224 g/mol. The van der Waals surface area contributed by atoms with Gasteiger partial charge in [0.1, 0.15) is 0 Å². The minimum atomic E-state index is 0.475. The van der Waals surface area contributed by atoms with Crippen molar-refractivity contribution >= 4 is 5.96 Å². The van der Waals surface area contributed by atoms with Crippen LogP contribution < -0.4 is 10.6 Å². The Morgan fingerprint density at radius 1 is 1.22 bits per heavy atom. The van der Waals surface area contributed by atoms with E-state index in [0.717, 1.165) is 18.9 Å². The zero-order valence-electron chi connectivity index (χ0n) is 12.5. The quantitative estimate of drug-likeness (QED) is 0.561. The zero-order valence-corrected chi connectivity index (χ0v) is 12.5. The van der Waals surface area contributed by atoms with Gasteiger partial charge in [-0.15, -0.1) is 0 Å². The van der Waals surface area contributed by atoms with Crippen LogP contribution in [0.15, 0.2) is 4.99 Å². The number of guanidine groups is 1. The van der Waals surface area contributed by atoms with Gasteiger partial charge in [-0.1, -0.05) is 13.8 Å². The standard InChI is InChI=1S/C14H30N4/c1-5-12(3)17-14(15-4)16-11-13(6-2)18-9-7-8-10-18/h12-13H,5-11H2,1-4H3,(H2,15,16,17). The van der Waals surface area contributed by atoms with Crippen molar-refractivity contribution < 1.29 is 0 Å². The molecule has 2 N–H and O–H groups in total. The van der Waals surface area contributed by atoms with Crippen molar-refractivity contribution in [2.24, 2.45) is 4.99 Å². The summed E-state index contributed by atoms with van der Waals surface area (Å²) in [6.07, 6.45) is 5.03. The Kier molecular flexibility index (Phi) is 7.09. The molecule has 1 saturated heterocycles. The molecule has 0 aromatic heterocycles. The summed E-state index contributed by atoms with van der Waals surface area (Å²) in [6, 6.07) is 1.12. The molecular formula is C14H30N4. The minimum absolute atomic E-state index is 0.475. The largest absolute Gasteiger partial charge is 0.355 e. The molecule has 1 aliphatic rings. The van der Waals surface area contributed by atoms with Crippen LogP contribution in [-0.4, -0.2) is 49.6 Å². The van der Waals surface area contributed by atoms with E-state index >= 15 is 0 Å². The van der Waals surface area contributed by atoms with Gasteiger partial charge in [0.15, 0.2) is 5.96 Å². The topological polar surface area (TPSA) is 39.7 Å². The molecule has 1 rings (SSSR count). The molecule has 106 valence electrons. The molecule has 0 aromatic carbocycles. The van der Waals surface area contributed by atoms with Crippen molar-refractivity contribution in [3.8, 4) is 0 Å². The SMILES string of the molecule is CCC(C)NC(=NC)NCC(CC)N1CCCC1. The van der Waals surface area contributed by atoms with Gasteiger partial charge in [-0.25, -0.2) is 0 Å². The maximum atomic E-state index is 4.28. The van der Waals surface area contributed by atoms with Gasteiger partial charge in [-0.2, -0.15) is 0 Å². The fourth-order valence-electron chi connectivity index (χ4n) is 2.38. The highest BCUT2D eigenvalue weighted by Gasteiger charge is 2.20. The predicted molar refractivity (Wildman–Crippen MR) is 79.1 cm³/mol. The van der Waals surface area contributed by atoms with E-state index in [0.29, 0.717) is 12.1 Å². The molecule has 1 fully saturated rings. The fraction of sp³-hybridized carbons (Fsp3) is 0.929. The molecule has 2 unspecified atom stereocenters. The number of hydrogen-bond donors (Lipinski definition) is 2. The van der Waals surface area contributed by atoms with Gasteiger partial charge in [0.25, 0.3) is 0 Å². The first-order valence-corrected chi connectivity index (χ1v) is 7.42. The Bertz CT molecular complexity index is 246. The first kappa shape index (κ1) is 15.3. The van der Waals surface area contributed by atoms with Crippen LogP contribution in [0.25, 0.3) is 0 Å². The van der Waals surface area contributed by atoms with Crippen molar-refractivity contribution in [3.05, 3.63) is 0 Å². The maximum Gasteiger partial charge on any atom is 0.191 e. The average molecular weight is 254 g/mol. The van der Waals surface area contributed by atoms with Crippen molar-refractivity contribution in [1.29, 1.82) is 0 Å². The number of nitrogens with one attached hydrogen (secondary N) is 2. The lowest BCUT2D eigenvalue weighted by Gasteiger charge is -2.27. The highest BCUT2D eigenvalue weighted by molar-refractivity contribution is 5.79. The summed E-state index contributed by atoms with van der Waals surface area (Å²) in [5, 5.41) is 6.87. The third-order valence-electron chi connectivity index (χ3n) is 3.85. The van der Waals surface area contributed by atoms with Crippen LogP contribution in [-0.2, 0) is 0 Å². The van der Waals surface area contributed by atoms with E-state index in [9.17, 15) is 0 Å². The Hall–Kier alpha value is -0.770. The summed E-state index contributed by atoms with van der Waals surface area (Å²) in [5.41, 5.74) is 0. The van der Waals surface area contributed by atoms with Gasteiger partial charge in [0.05, 0.1) is 0 Å². The van der Waals surface area contributed by atoms with E-state index in [2.05, 4.69) is 41.3 Å². The average Bonchev–Trinajstić information content (AvgIpc) is 2.91. The Labute approximate surface area is 112 Å². The van der Waals surface area contributed by atoms with Crippen molar-refractivity contribution in [1.82, 2.24) is 15.5 Å². The maximum absolute atomic E-state index is 4.28. The van der Waals surface area contributed by atoms with E-state index in [1.807, 2.05) is 7.05 Å². The summed E-state index contributed by atoms with van der Waals surface area (Å²) in [6.45, 7) is 10.2. The number of nitrogens with zero attached hydrogens (tertiary/aromatic N) is 2. The second kappa shape index (κ2) is 8.35. The van der Waals surface area contributed by atoms with Crippen LogP contribution in [0.3, 0.4) is 0 Å². The molecule has 0 aromatic rings. The van der Waals surface area contributed by atoms with E-state index < -0.39 is 0 Å². The van der Waals surface area contributed by atoms with Crippen molar-refractivity contribution in [2.45, 2.75) is 58.5 Å². The van der Waals surface area contributed by atoms with E-state index in [-0.39, 0.29) is 0 Å². The minimum Gasteiger partial charge on any atom is -0.355 e. The normalized spacial score (nSPS) is 20.8. The summed E-state index contributed by atoms with van der Waals surface area (Å²) < 4.78 is 0. The van der Waals surface area contributed by atoms with Crippen LogP contribution in [0.1, 0.15) is 46.5 Å². The highest BCUT2D eigenvalue weighted by Crippen LogP contribution is 2.13. The van der Waals surface area contributed by atoms with E-state index in [1.165, 1.54) is 32.4 Å². The number of likely N-dealkylation sites (tertiary alicyclic amines) is 1. The van der Waals surface area contributed by atoms with Gasteiger partial charge in [-0.3, -0.25) is 9.89 Å². The third kappa shape index (κ3) is 4.84. The first-order chi connectivity index (χ1) is 8.71. The van der Waals surface area contributed by atoms with Gasteiger partial charge >= 0.3 is 0 Å². The third-order valence-corrected chi connectivity index (χ3v) is 3.85. The molecule has 4 nitrogen and oxygen atoms in total. The second-order valence-electron chi connectivity index (χ2n) is 5.21. The number of rotatable bonds is 6. The van der Waals surface area contributed by atoms with Gasteiger partial charge in [0, 0.05) is 25.7 Å². The lowest BCUT2D eigenvalue weighted by atomic mass is 10.2. The molecule has 0 spiro atoms. The van der Waals surface area contributed by atoms with Crippen LogP contribution in [0, 0.1) is 0 Å². The molecule has 0 aliphatic carbocycles. The van der Waals surface area contributed by atoms with Crippen molar-refractivity contribution in [2.75, 3.05) is 26.7 Å². The van der Waals surface area contributed by atoms with Crippen LogP contribution >= 0.6 is 0 Å². The van der Waals surface area contributed by atoms with Gasteiger partial charge < -0.3 is 10.6 Å². The summed E-state index contributed by atoms with van der Waals surface area (Å²) in [4.78, 5) is 6.89. The van der Waals surface area contributed by atoms with Gasteiger partial charge in [0.2, 0.25) is 0 Å². The molecule has 18 heavy (non-hydrogen) atoms. The van der Waals surface area contributed by atoms with Gasteiger partial charge in [-0.05, 0) is 45.7 Å². The predicted octanol–water partition coefficient (Wildman–Crippen LogP) is 1.82. The van der Waals surface area contributed by atoms with Crippen molar-refractivity contribution in [3.63, 3.8) is 0 Å². The summed E-state index contributed by atoms with van der Waals surface area (Å²) in [5.74, 6) is 0.932. The zero-order chi connectivity index (χ0) is 13.4. The smallest absolute Gasteiger partial charge is 0.191 e. The summed E-state index contributed by atoms with van der Waals surface area (Å²) >= 11 is 0.